The molecule has 2 aliphatic heterocycles. The summed E-state index contributed by atoms with van der Waals surface area (Å²) in [6.07, 6.45) is 2.08. The molecular weight excluding hydrogens is 430 g/mol. The first-order chi connectivity index (χ1) is 16.4. The molecule has 1 aromatic heterocycles. The number of aromatic nitrogens is 2. The molecule has 8 nitrogen and oxygen atoms in total. The number of amides is 2. The van der Waals surface area contributed by atoms with Gasteiger partial charge in [0.25, 0.3) is 5.91 Å². The highest BCUT2D eigenvalue weighted by Gasteiger charge is 2.32. The second kappa shape index (κ2) is 9.10. The van der Waals surface area contributed by atoms with Crippen LogP contribution >= 0.6 is 0 Å². The standard InChI is InChI=1S/C26H31N5O3/c1-15(25(27)32)13-31-14-23-21(18-3-4-24-20(9-18)16(2)29-30-24)10-19(11-22(23)26(31)33)28-12-17-5-7-34-8-6-17/h3-4,9-11,15,17,28H,5-8,12-14H2,1-2H3,(H2,27,32)(H,29,30). The van der Waals surface area contributed by atoms with E-state index in [1.807, 2.05) is 19.1 Å². The Kier molecular flexibility index (Phi) is 6.00. The molecular formula is C26H31N5O3. The molecule has 3 heterocycles. The van der Waals surface area contributed by atoms with Gasteiger partial charge < -0.3 is 20.7 Å². The van der Waals surface area contributed by atoms with Gasteiger partial charge in [0, 0.05) is 55.2 Å². The molecule has 1 fully saturated rings. The number of carbonyl (C=O) groups is 2. The number of aromatic amines is 1. The summed E-state index contributed by atoms with van der Waals surface area (Å²) in [5.74, 6) is -0.305. The van der Waals surface area contributed by atoms with Crippen LogP contribution in [0.15, 0.2) is 30.3 Å². The van der Waals surface area contributed by atoms with E-state index in [-0.39, 0.29) is 5.91 Å². The normalized spacial score (nSPS) is 17.2. The molecule has 8 heteroatoms. The van der Waals surface area contributed by atoms with Gasteiger partial charge in [0.2, 0.25) is 5.91 Å². The summed E-state index contributed by atoms with van der Waals surface area (Å²) in [5.41, 5.74) is 12.1. The van der Waals surface area contributed by atoms with Gasteiger partial charge in [0.1, 0.15) is 0 Å². The molecule has 0 spiro atoms. The Labute approximate surface area is 198 Å². The van der Waals surface area contributed by atoms with Crippen molar-refractivity contribution in [3.05, 3.63) is 47.2 Å². The molecule has 178 valence electrons. The highest BCUT2D eigenvalue weighted by atomic mass is 16.5. The molecule has 3 aromatic rings. The van der Waals surface area contributed by atoms with Crippen molar-refractivity contribution in [2.45, 2.75) is 33.2 Å². The number of rotatable bonds is 7. The first kappa shape index (κ1) is 22.4. The van der Waals surface area contributed by atoms with Crippen molar-refractivity contribution >= 4 is 28.4 Å². The molecule has 0 saturated carbocycles. The monoisotopic (exact) mass is 461 g/mol. The van der Waals surface area contributed by atoms with Gasteiger partial charge in [-0.2, -0.15) is 5.10 Å². The minimum Gasteiger partial charge on any atom is -0.385 e. The maximum atomic E-state index is 13.3. The fraction of sp³-hybridized carbons (Fsp3) is 0.423. The minimum absolute atomic E-state index is 0.0559. The van der Waals surface area contributed by atoms with Gasteiger partial charge in [-0.3, -0.25) is 14.7 Å². The van der Waals surface area contributed by atoms with E-state index in [1.54, 1.807) is 11.8 Å². The molecule has 2 amide bonds. The molecule has 34 heavy (non-hydrogen) atoms. The van der Waals surface area contributed by atoms with E-state index in [2.05, 4.69) is 33.7 Å². The fourth-order valence-corrected chi connectivity index (χ4v) is 4.91. The highest BCUT2D eigenvalue weighted by molar-refractivity contribution is 6.02. The Morgan fingerprint density at radius 2 is 2.03 bits per heavy atom. The Morgan fingerprint density at radius 3 is 2.79 bits per heavy atom. The van der Waals surface area contributed by atoms with E-state index in [0.29, 0.717) is 24.6 Å². The number of hydrogen-bond donors (Lipinski definition) is 3. The van der Waals surface area contributed by atoms with Gasteiger partial charge in [-0.1, -0.05) is 13.0 Å². The number of nitrogens with two attached hydrogens (primary N) is 1. The number of anilines is 1. The highest BCUT2D eigenvalue weighted by Crippen LogP contribution is 2.37. The van der Waals surface area contributed by atoms with Crippen molar-refractivity contribution in [1.29, 1.82) is 0 Å². The number of fused-ring (bicyclic) bond motifs is 2. The van der Waals surface area contributed by atoms with Crippen molar-refractivity contribution < 1.29 is 14.3 Å². The van der Waals surface area contributed by atoms with Gasteiger partial charge in [0.05, 0.1) is 11.4 Å². The van der Waals surface area contributed by atoms with E-state index >= 15 is 0 Å². The number of benzene rings is 2. The molecule has 1 saturated heterocycles. The van der Waals surface area contributed by atoms with Gasteiger partial charge in [-0.15, -0.1) is 0 Å². The predicted octanol–water partition coefficient (Wildman–Crippen LogP) is 3.45. The number of primary amides is 1. The third kappa shape index (κ3) is 4.25. The molecule has 0 aliphatic carbocycles. The molecule has 5 rings (SSSR count). The van der Waals surface area contributed by atoms with E-state index < -0.39 is 11.8 Å². The quantitative estimate of drug-likeness (QED) is 0.499. The molecule has 1 atom stereocenters. The van der Waals surface area contributed by atoms with Gasteiger partial charge in [-0.05, 0) is 66.6 Å². The average molecular weight is 462 g/mol. The predicted molar refractivity (Wildman–Crippen MR) is 131 cm³/mol. The first-order valence-corrected chi connectivity index (χ1v) is 11.9. The molecule has 0 bridgehead atoms. The summed E-state index contributed by atoms with van der Waals surface area (Å²) in [5, 5.41) is 12.0. The molecule has 1 unspecified atom stereocenters. The summed E-state index contributed by atoms with van der Waals surface area (Å²) in [6.45, 7) is 6.99. The lowest BCUT2D eigenvalue weighted by atomic mass is 9.94. The lowest BCUT2D eigenvalue weighted by molar-refractivity contribution is -0.121. The van der Waals surface area contributed by atoms with E-state index in [1.165, 1.54) is 0 Å². The largest absolute Gasteiger partial charge is 0.385 e. The number of carbonyl (C=O) groups excluding carboxylic acids is 2. The number of H-pyrrole nitrogens is 1. The van der Waals surface area contributed by atoms with Crippen molar-refractivity contribution in [2.75, 3.05) is 31.6 Å². The third-order valence-electron chi connectivity index (χ3n) is 7.09. The van der Waals surface area contributed by atoms with Crippen LogP contribution in [-0.4, -0.2) is 53.2 Å². The summed E-state index contributed by atoms with van der Waals surface area (Å²) >= 11 is 0. The summed E-state index contributed by atoms with van der Waals surface area (Å²) < 4.78 is 5.48. The maximum absolute atomic E-state index is 13.3. The van der Waals surface area contributed by atoms with Crippen molar-refractivity contribution in [3.63, 3.8) is 0 Å². The van der Waals surface area contributed by atoms with Crippen LogP contribution in [0, 0.1) is 18.8 Å². The topological polar surface area (TPSA) is 113 Å². The number of nitrogens with one attached hydrogen (secondary N) is 2. The molecule has 0 radical (unpaired) electrons. The van der Waals surface area contributed by atoms with Crippen LogP contribution in [-0.2, 0) is 16.1 Å². The second-order valence-corrected chi connectivity index (χ2v) is 9.56. The van der Waals surface area contributed by atoms with Crippen LogP contribution in [0.5, 0.6) is 0 Å². The molecule has 4 N–H and O–H groups in total. The SMILES string of the molecule is Cc1[nH]nc2ccc(-c3cc(NCC4CCOCC4)cc4c3CN(CC(C)C(N)=O)C4=O)cc12. The van der Waals surface area contributed by atoms with Crippen LogP contribution < -0.4 is 11.1 Å². The Hall–Kier alpha value is -3.39. The first-order valence-electron chi connectivity index (χ1n) is 11.9. The van der Waals surface area contributed by atoms with Crippen molar-refractivity contribution in [1.82, 2.24) is 15.1 Å². The van der Waals surface area contributed by atoms with E-state index in [0.717, 1.165) is 71.6 Å². The van der Waals surface area contributed by atoms with Gasteiger partial charge in [0.15, 0.2) is 0 Å². The van der Waals surface area contributed by atoms with Crippen LogP contribution in [0.25, 0.3) is 22.0 Å². The summed E-state index contributed by atoms with van der Waals surface area (Å²) in [6, 6.07) is 10.3. The van der Waals surface area contributed by atoms with E-state index in [9.17, 15) is 9.59 Å². The Morgan fingerprint density at radius 1 is 1.26 bits per heavy atom. The average Bonchev–Trinajstić information content (AvgIpc) is 3.37. The van der Waals surface area contributed by atoms with Crippen LogP contribution in [0.4, 0.5) is 5.69 Å². The number of hydrogen-bond acceptors (Lipinski definition) is 5. The Bertz CT molecular complexity index is 1240. The van der Waals surface area contributed by atoms with Crippen molar-refractivity contribution in [3.8, 4) is 11.1 Å². The molecule has 2 aliphatic rings. The number of aryl methyl sites for hydroxylation is 1. The minimum atomic E-state index is -0.405. The zero-order valence-electron chi connectivity index (χ0n) is 19.7. The third-order valence-corrected chi connectivity index (χ3v) is 7.09. The maximum Gasteiger partial charge on any atom is 0.254 e. The molecule has 2 aromatic carbocycles. The number of ether oxygens (including phenoxy) is 1. The van der Waals surface area contributed by atoms with Crippen LogP contribution in [0.3, 0.4) is 0 Å². The second-order valence-electron chi connectivity index (χ2n) is 9.56. The van der Waals surface area contributed by atoms with Gasteiger partial charge in [-0.25, -0.2) is 0 Å². The Balaban J connectivity index is 1.51. The van der Waals surface area contributed by atoms with Crippen molar-refractivity contribution in [2.24, 2.45) is 17.6 Å². The lowest BCUT2D eigenvalue weighted by Crippen LogP contribution is -2.34. The smallest absolute Gasteiger partial charge is 0.254 e. The zero-order chi connectivity index (χ0) is 23.8. The zero-order valence-corrected chi connectivity index (χ0v) is 19.7. The summed E-state index contributed by atoms with van der Waals surface area (Å²) in [7, 11) is 0. The van der Waals surface area contributed by atoms with E-state index in [4.69, 9.17) is 10.5 Å². The van der Waals surface area contributed by atoms with Crippen LogP contribution in [0.1, 0.15) is 41.4 Å². The summed E-state index contributed by atoms with van der Waals surface area (Å²) in [4.78, 5) is 26.7. The van der Waals surface area contributed by atoms with Crippen LogP contribution in [0.2, 0.25) is 0 Å². The fourth-order valence-electron chi connectivity index (χ4n) is 4.91. The number of nitrogens with zero attached hydrogens (tertiary/aromatic N) is 2. The van der Waals surface area contributed by atoms with Gasteiger partial charge >= 0.3 is 0 Å². The lowest BCUT2D eigenvalue weighted by Gasteiger charge is -2.23.